The highest BCUT2D eigenvalue weighted by atomic mass is 35.5. The molecule has 104 valence electrons. The molecule has 0 N–H and O–H groups in total. The number of carbonyl (C=O) groups is 1. The Bertz CT molecular complexity index is 372. The topological polar surface area (TPSA) is 26.3 Å². The molecule has 0 aliphatic heterocycles. The molecule has 1 aliphatic carbocycles. The molecule has 0 aromatic carbocycles. The number of halogens is 4. The van der Waals surface area contributed by atoms with Crippen LogP contribution in [-0.2, 0) is 9.53 Å². The van der Waals surface area contributed by atoms with E-state index in [4.69, 9.17) is 16.3 Å². The van der Waals surface area contributed by atoms with E-state index < -0.39 is 28.5 Å². The summed E-state index contributed by atoms with van der Waals surface area (Å²) >= 11 is 5.29. The first kappa shape index (κ1) is 15.3. The minimum Gasteiger partial charge on any atom is -0.465 e. The monoisotopic (exact) mass is 284 g/mol. The number of alkyl halides is 3. The van der Waals surface area contributed by atoms with Crippen molar-refractivity contribution < 1.29 is 22.7 Å². The lowest BCUT2D eigenvalue weighted by Gasteiger charge is -2.04. The van der Waals surface area contributed by atoms with Gasteiger partial charge in [-0.25, -0.2) is 0 Å². The minimum atomic E-state index is -4.60. The summed E-state index contributed by atoms with van der Waals surface area (Å²) in [5, 5.41) is -1.19. The smallest absolute Gasteiger partial charge is 0.426 e. The molecule has 1 saturated carbocycles. The van der Waals surface area contributed by atoms with Crippen molar-refractivity contribution in [3.05, 3.63) is 10.6 Å². The Morgan fingerprint density at radius 3 is 2.44 bits per heavy atom. The van der Waals surface area contributed by atoms with Crippen LogP contribution in [0.25, 0.3) is 0 Å². The van der Waals surface area contributed by atoms with Crippen LogP contribution in [0.5, 0.6) is 0 Å². The quantitative estimate of drug-likeness (QED) is 0.575. The van der Waals surface area contributed by atoms with Gasteiger partial charge in [-0.2, -0.15) is 13.2 Å². The molecule has 0 aromatic heterocycles. The van der Waals surface area contributed by atoms with Crippen molar-refractivity contribution in [2.45, 2.75) is 39.8 Å². The zero-order valence-electron chi connectivity index (χ0n) is 10.5. The highest BCUT2D eigenvalue weighted by Gasteiger charge is 2.62. The van der Waals surface area contributed by atoms with Crippen molar-refractivity contribution in [2.75, 3.05) is 6.61 Å². The summed E-state index contributed by atoms with van der Waals surface area (Å²) in [6.07, 6.45) is -3.05. The van der Waals surface area contributed by atoms with Crippen LogP contribution in [0.1, 0.15) is 33.6 Å². The van der Waals surface area contributed by atoms with Gasteiger partial charge in [0.2, 0.25) is 0 Å². The van der Waals surface area contributed by atoms with Crippen molar-refractivity contribution in [1.82, 2.24) is 0 Å². The number of esters is 1. The van der Waals surface area contributed by atoms with E-state index in [0.29, 0.717) is 6.42 Å². The molecule has 18 heavy (non-hydrogen) atoms. The zero-order chi connectivity index (χ0) is 14.1. The standard InChI is InChI=1S/C12H16ClF3O2/c1-4-5-6-18-10(17)8-7(11(8,2)3)9(13)12(14,15)16/h8H,4-6H2,1-3H3/b9-7+. The van der Waals surface area contributed by atoms with Crippen molar-refractivity contribution >= 4 is 17.6 Å². The van der Waals surface area contributed by atoms with E-state index in [1.165, 1.54) is 0 Å². The Morgan fingerprint density at radius 2 is 2.00 bits per heavy atom. The van der Waals surface area contributed by atoms with Gasteiger partial charge in [0, 0.05) is 5.41 Å². The molecule has 1 atom stereocenters. The maximum absolute atomic E-state index is 12.5. The first-order valence-electron chi connectivity index (χ1n) is 5.78. The summed E-state index contributed by atoms with van der Waals surface area (Å²) in [4.78, 5) is 11.7. The molecule has 1 fully saturated rings. The van der Waals surface area contributed by atoms with Crippen molar-refractivity contribution in [3.8, 4) is 0 Å². The average molecular weight is 285 g/mol. The van der Waals surface area contributed by atoms with Crippen LogP contribution in [0.3, 0.4) is 0 Å². The van der Waals surface area contributed by atoms with Gasteiger partial charge in [0.1, 0.15) is 5.03 Å². The SMILES string of the molecule is CCCCOC(=O)C1/C(=C(\Cl)C(F)(F)F)C1(C)C. The molecule has 1 aliphatic rings. The Morgan fingerprint density at radius 1 is 1.44 bits per heavy atom. The van der Waals surface area contributed by atoms with Gasteiger partial charge in [0.25, 0.3) is 0 Å². The largest absolute Gasteiger partial charge is 0.465 e. The third kappa shape index (κ3) is 2.99. The Kier molecular flexibility index (Phi) is 4.36. The number of carbonyl (C=O) groups excluding carboxylic acids is 1. The van der Waals surface area contributed by atoms with E-state index in [0.717, 1.165) is 6.42 Å². The predicted octanol–water partition coefficient (Wildman–Crippen LogP) is 4.04. The molecule has 6 heteroatoms. The minimum absolute atomic E-state index is 0.0711. The van der Waals surface area contributed by atoms with Gasteiger partial charge in [0.05, 0.1) is 12.5 Å². The third-order valence-electron chi connectivity index (χ3n) is 3.08. The molecule has 0 saturated heterocycles. The van der Waals surface area contributed by atoms with Crippen molar-refractivity contribution in [1.29, 1.82) is 0 Å². The number of rotatable bonds is 4. The number of ether oxygens (including phenoxy) is 1. The molecule has 0 spiro atoms. The van der Waals surface area contributed by atoms with E-state index in [-0.39, 0.29) is 12.2 Å². The van der Waals surface area contributed by atoms with Gasteiger partial charge in [-0.1, -0.05) is 38.8 Å². The van der Waals surface area contributed by atoms with E-state index in [9.17, 15) is 18.0 Å². The molecule has 1 unspecified atom stereocenters. The second-order valence-corrected chi connectivity index (χ2v) is 5.28. The Labute approximate surface area is 109 Å². The summed E-state index contributed by atoms with van der Waals surface area (Å²) in [5.74, 6) is -1.49. The Balaban J connectivity index is 2.78. The molecular formula is C12H16ClF3O2. The fourth-order valence-electron chi connectivity index (χ4n) is 1.92. The first-order valence-corrected chi connectivity index (χ1v) is 6.15. The fourth-order valence-corrected chi connectivity index (χ4v) is 2.27. The van der Waals surface area contributed by atoms with Crippen molar-refractivity contribution in [2.24, 2.45) is 11.3 Å². The number of hydrogen-bond acceptors (Lipinski definition) is 2. The summed E-state index contributed by atoms with van der Waals surface area (Å²) in [7, 11) is 0. The van der Waals surface area contributed by atoms with E-state index >= 15 is 0 Å². The maximum Gasteiger partial charge on any atom is 0.426 e. The van der Waals surface area contributed by atoms with Crippen LogP contribution in [0.4, 0.5) is 13.2 Å². The van der Waals surface area contributed by atoms with Gasteiger partial charge in [-0.15, -0.1) is 0 Å². The van der Waals surface area contributed by atoms with Gasteiger partial charge < -0.3 is 4.74 Å². The third-order valence-corrected chi connectivity index (χ3v) is 3.50. The highest BCUT2D eigenvalue weighted by molar-refractivity contribution is 6.31. The molecule has 1 rings (SSSR count). The van der Waals surface area contributed by atoms with Crippen molar-refractivity contribution in [3.63, 3.8) is 0 Å². The van der Waals surface area contributed by atoms with Gasteiger partial charge in [-0.3, -0.25) is 4.79 Å². The molecule has 0 radical (unpaired) electrons. The van der Waals surface area contributed by atoms with E-state index in [1.54, 1.807) is 13.8 Å². The van der Waals surface area contributed by atoms with Gasteiger partial charge in [0.15, 0.2) is 0 Å². The molecule has 0 aromatic rings. The molecular weight excluding hydrogens is 269 g/mol. The van der Waals surface area contributed by atoms with Crippen LogP contribution in [0.15, 0.2) is 10.6 Å². The molecule has 0 bridgehead atoms. The fraction of sp³-hybridized carbons (Fsp3) is 0.750. The maximum atomic E-state index is 12.5. The summed E-state index contributed by atoms with van der Waals surface area (Å²) in [6, 6.07) is 0. The van der Waals surface area contributed by atoms with Crippen LogP contribution < -0.4 is 0 Å². The van der Waals surface area contributed by atoms with Crippen LogP contribution in [-0.4, -0.2) is 18.8 Å². The number of hydrogen-bond donors (Lipinski definition) is 0. The van der Waals surface area contributed by atoms with E-state index in [1.807, 2.05) is 6.92 Å². The van der Waals surface area contributed by atoms with Crippen LogP contribution in [0.2, 0.25) is 0 Å². The lowest BCUT2D eigenvalue weighted by atomic mass is 10.1. The second kappa shape index (κ2) is 5.11. The first-order chi connectivity index (χ1) is 8.14. The molecule has 0 heterocycles. The number of allylic oxidation sites excluding steroid dienone is 1. The molecule has 0 amide bonds. The number of unbranched alkanes of at least 4 members (excludes halogenated alkanes) is 1. The average Bonchev–Trinajstić information content (AvgIpc) is 2.79. The summed E-state index contributed by atoms with van der Waals surface area (Å²) in [5.41, 5.74) is -0.936. The lowest BCUT2D eigenvalue weighted by molar-refractivity contribution is -0.145. The lowest BCUT2D eigenvalue weighted by Crippen LogP contribution is -2.11. The Hall–Kier alpha value is -0.710. The van der Waals surface area contributed by atoms with Gasteiger partial charge in [-0.05, 0) is 12.0 Å². The summed E-state index contributed by atoms with van der Waals surface area (Å²) in [6.45, 7) is 5.28. The summed E-state index contributed by atoms with van der Waals surface area (Å²) < 4.78 is 42.4. The zero-order valence-corrected chi connectivity index (χ0v) is 11.3. The second-order valence-electron chi connectivity index (χ2n) is 4.90. The van der Waals surface area contributed by atoms with Crippen LogP contribution in [0, 0.1) is 11.3 Å². The van der Waals surface area contributed by atoms with E-state index in [2.05, 4.69) is 0 Å². The van der Waals surface area contributed by atoms with Gasteiger partial charge >= 0.3 is 12.1 Å². The molecule has 2 nitrogen and oxygen atoms in total. The van der Waals surface area contributed by atoms with Crippen LogP contribution >= 0.6 is 11.6 Å². The highest BCUT2D eigenvalue weighted by Crippen LogP contribution is 2.62. The predicted molar refractivity (Wildman–Crippen MR) is 62.1 cm³/mol. The normalized spacial score (nSPS) is 24.7.